The number of H-pyrrole nitrogens is 1. The summed E-state index contributed by atoms with van der Waals surface area (Å²) in [5, 5.41) is 18.8. The molecule has 0 aliphatic heterocycles. The molecule has 0 aliphatic carbocycles. The van der Waals surface area contributed by atoms with E-state index < -0.39 is 12.0 Å². The second-order valence-corrected chi connectivity index (χ2v) is 6.12. The van der Waals surface area contributed by atoms with Gasteiger partial charge >= 0.3 is 0 Å². The van der Waals surface area contributed by atoms with Gasteiger partial charge in [-0.15, -0.1) is 0 Å². The highest BCUT2D eigenvalue weighted by Crippen LogP contribution is 2.39. The Morgan fingerprint density at radius 3 is 2.69 bits per heavy atom. The van der Waals surface area contributed by atoms with E-state index in [1.54, 1.807) is 6.07 Å². The first kappa shape index (κ1) is 20.0. The number of ether oxygens (including phenoxy) is 2. The molecule has 2 aromatic heterocycles. The van der Waals surface area contributed by atoms with Gasteiger partial charge in [-0.2, -0.15) is 10.4 Å². The molecule has 2 heterocycles. The second kappa shape index (κ2) is 8.99. The van der Waals surface area contributed by atoms with E-state index in [4.69, 9.17) is 20.5 Å². The monoisotopic (exact) mass is 397 g/mol. The largest absolute Gasteiger partial charge is 0.496 e. The lowest BCUT2D eigenvalue weighted by Gasteiger charge is -2.18. The van der Waals surface area contributed by atoms with Crippen molar-refractivity contribution >= 4 is 11.6 Å². The Labute approximate surface area is 166 Å². The molecule has 0 bridgehead atoms. The van der Waals surface area contributed by atoms with Crippen LogP contribution >= 0.6 is 0 Å². The van der Waals surface area contributed by atoms with Crippen LogP contribution in [0, 0.1) is 17.1 Å². The highest BCUT2D eigenvalue weighted by molar-refractivity contribution is 5.76. The number of nitrogens with one attached hydrogen (secondary N) is 2. The van der Waals surface area contributed by atoms with E-state index in [-0.39, 0.29) is 17.2 Å². The van der Waals surface area contributed by atoms with Gasteiger partial charge in [0.2, 0.25) is 0 Å². The second-order valence-electron chi connectivity index (χ2n) is 6.12. The van der Waals surface area contributed by atoms with E-state index >= 15 is 0 Å². The molecule has 3 aromatic rings. The molecular formula is C19H20FN7O2. The van der Waals surface area contributed by atoms with Gasteiger partial charge in [0.1, 0.15) is 35.4 Å². The van der Waals surface area contributed by atoms with Crippen LogP contribution in [0.3, 0.4) is 0 Å². The Morgan fingerprint density at radius 1 is 1.24 bits per heavy atom. The van der Waals surface area contributed by atoms with Gasteiger partial charge in [0.15, 0.2) is 11.5 Å². The molecule has 1 atom stereocenters. The molecule has 0 amide bonds. The van der Waals surface area contributed by atoms with Crippen LogP contribution in [0.15, 0.2) is 30.6 Å². The number of anilines is 2. The summed E-state index contributed by atoms with van der Waals surface area (Å²) in [6.07, 6.45) is 3.63. The molecule has 9 nitrogen and oxygen atoms in total. The molecule has 0 spiro atoms. The van der Waals surface area contributed by atoms with Crippen molar-refractivity contribution in [3.05, 3.63) is 42.1 Å². The highest BCUT2D eigenvalue weighted by atomic mass is 19.1. The van der Waals surface area contributed by atoms with Gasteiger partial charge in [-0.1, -0.05) is 13.3 Å². The van der Waals surface area contributed by atoms with Crippen LogP contribution in [0.25, 0.3) is 11.3 Å². The molecule has 150 valence electrons. The Bertz CT molecular complexity index is 1010. The fourth-order valence-corrected chi connectivity index (χ4v) is 2.68. The Kier molecular flexibility index (Phi) is 6.21. The van der Waals surface area contributed by atoms with E-state index in [0.29, 0.717) is 29.3 Å². The summed E-state index contributed by atoms with van der Waals surface area (Å²) in [5.41, 5.74) is 7.21. The smallest absolute Gasteiger partial charge is 0.158 e. The summed E-state index contributed by atoms with van der Waals surface area (Å²) in [6.45, 7) is 1.98. The average molecular weight is 397 g/mol. The number of rotatable bonds is 8. The van der Waals surface area contributed by atoms with Crippen LogP contribution in [-0.2, 0) is 0 Å². The zero-order valence-electron chi connectivity index (χ0n) is 15.9. The summed E-state index contributed by atoms with van der Waals surface area (Å²) in [6, 6.07) is 6.10. The molecule has 1 unspecified atom stereocenters. The summed E-state index contributed by atoms with van der Waals surface area (Å²) < 4.78 is 25.1. The maximum Gasteiger partial charge on any atom is 0.158 e. The predicted molar refractivity (Wildman–Crippen MR) is 104 cm³/mol. The molecule has 0 saturated heterocycles. The Morgan fingerprint density at radius 2 is 2.03 bits per heavy atom. The normalized spacial score (nSPS) is 11.6. The van der Waals surface area contributed by atoms with E-state index in [2.05, 4.69) is 25.5 Å². The SMILES string of the molecule is CCCC(N)Oc1cc(F)cc(OC)c1-c1cc(Nc2cnc(C#N)cn2)n[nH]1. The molecule has 0 radical (unpaired) electrons. The molecule has 4 N–H and O–H groups in total. The minimum Gasteiger partial charge on any atom is -0.496 e. The summed E-state index contributed by atoms with van der Waals surface area (Å²) in [4.78, 5) is 8.02. The van der Waals surface area contributed by atoms with Crippen molar-refractivity contribution in [1.82, 2.24) is 20.2 Å². The summed E-state index contributed by atoms with van der Waals surface area (Å²) in [7, 11) is 1.44. The molecule has 1 aromatic carbocycles. The number of aromatic amines is 1. The molecule has 3 rings (SSSR count). The van der Waals surface area contributed by atoms with Gasteiger partial charge in [0, 0.05) is 18.2 Å². The highest BCUT2D eigenvalue weighted by Gasteiger charge is 2.19. The van der Waals surface area contributed by atoms with Crippen molar-refractivity contribution in [2.75, 3.05) is 12.4 Å². The number of methoxy groups -OCH3 is 1. The standard InChI is InChI=1S/C19H20FN7O2/c1-3-4-16(22)29-15-6-11(20)5-14(28-2)19(15)13-7-17(27-26-13)25-18-10-23-12(8-21)9-24-18/h5-7,9-10,16H,3-4,22H2,1-2H3,(H2,24,25,26,27). The number of nitrogens with zero attached hydrogens (tertiary/aromatic N) is 4. The van der Waals surface area contributed by atoms with E-state index in [1.807, 2.05) is 13.0 Å². The van der Waals surface area contributed by atoms with Crippen LogP contribution in [0.1, 0.15) is 25.5 Å². The number of halogens is 1. The fraction of sp³-hybridized carbons (Fsp3) is 0.263. The molecule has 0 aliphatic rings. The Balaban J connectivity index is 1.92. The van der Waals surface area contributed by atoms with Crippen molar-refractivity contribution < 1.29 is 13.9 Å². The first-order valence-corrected chi connectivity index (χ1v) is 8.88. The maximum absolute atomic E-state index is 14.0. The van der Waals surface area contributed by atoms with Crippen LogP contribution in [0.2, 0.25) is 0 Å². The van der Waals surface area contributed by atoms with Gasteiger partial charge < -0.3 is 14.8 Å². The number of nitriles is 1. The van der Waals surface area contributed by atoms with Crippen molar-refractivity contribution in [2.45, 2.75) is 26.0 Å². The van der Waals surface area contributed by atoms with Crippen molar-refractivity contribution in [3.63, 3.8) is 0 Å². The molecule has 10 heteroatoms. The van der Waals surface area contributed by atoms with Crippen LogP contribution in [0.5, 0.6) is 11.5 Å². The number of aromatic nitrogens is 4. The first-order chi connectivity index (χ1) is 14.0. The van der Waals surface area contributed by atoms with Gasteiger partial charge in [0.25, 0.3) is 0 Å². The Hall–Kier alpha value is -3.71. The third-order valence-electron chi connectivity index (χ3n) is 3.97. The number of benzene rings is 1. The minimum atomic E-state index is -0.584. The third kappa shape index (κ3) is 4.77. The molecule has 29 heavy (non-hydrogen) atoms. The number of nitrogens with two attached hydrogens (primary N) is 1. The summed E-state index contributed by atoms with van der Waals surface area (Å²) in [5.74, 6) is 0.868. The minimum absolute atomic E-state index is 0.208. The molecule has 0 saturated carbocycles. The number of hydrogen-bond donors (Lipinski definition) is 3. The first-order valence-electron chi connectivity index (χ1n) is 8.88. The fourth-order valence-electron chi connectivity index (χ4n) is 2.68. The lowest BCUT2D eigenvalue weighted by atomic mass is 10.1. The van der Waals surface area contributed by atoms with Gasteiger partial charge in [0.05, 0.1) is 30.8 Å². The zero-order valence-corrected chi connectivity index (χ0v) is 15.9. The van der Waals surface area contributed by atoms with Crippen LogP contribution in [-0.4, -0.2) is 33.5 Å². The third-order valence-corrected chi connectivity index (χ3v) is 3.97. The van der Waals surface area contributed by atoms with Crippen LogP contribution < -0.4 is 20.5 Å². The van der Waals surface area contributed by atoms with E-state index in [9.17, 15) is 4.39 Å². The van der Waals surface area contributed by atoms with Crippen molar-refractivity contribution in [1.29, 1.82) is 5.26 Å². The molecular weight excluding hydrogens is 377 g/mol. The van der Waals surface area contributed by atoms with E-state index in [0.717, 1.165) is 6.42 Å². The van der Waals surface area contributed by atoms with Crippen molar-refractivity contribution in [3.8, 4) is 28.8 Å². The van der Waals surface area contributed by atoms with Gasteiger partial charge in [-0.05, 0) is 6.42 Å². The maximum atomic E-state index is 14.0. The average Bonchev–Trinajstić information content (AvgIpc) is 3.16. The topological polar surface area (TPSA) is 135 Å². The number of hydrogen-bond acceptors (Lipinski definition) is 8. The lowest BCUT2D eigenvalue weighted by Crippen LogP contribution is -2.27. The lowest BCUT2D eigenvalue weighted by molar-refractivity contribution is 0.197. The predicted octanol–water partition coefficient (Wildman–Crippen LogP) is 3.09. The quantitative estimate of drug-likeness (QED) is 0.494. The summed E-state index contributed by atoms with van der Waals surface area (Å²) >= 11 is 0. The van der Waals surface area contributed by atoms with Crippen molar-refractivity contribution in [2.24, 2.45) is 5.73 Å². The molecule has 0 fully saturated rings. The van der Waals surface area contributed by atoms with E-state index in [1.165, 1.54) is 31.6 Å². The van der Waals surface area contributed by atoms with Gasteiger partial charge in [-0.25, -0.2) is 14.4 Å². The zero-order chi connectivity index (χ0) is 20.8. The van der Waals surface area contributed by atoms with Crippen LogP contribution in [0.4, 0.5) is 16.0 Å². The van der Waals surface area contributed by atoms with Gasteiger partial charge in [-0.3, -0.25) is 10.8 Å².